The van der Waals surface area contributed by atoms with Crippen molar-refractivity contribution in [1.82, 2.24) is 9.80 Å². The molecule has 0 bridgehead atoms. The van der Waals surface area contributed by atoms with Crippen molar-refractivity contribution >= 4 is 18.0 Å². The van der Waals surface area contributed by atoms with Gasteiger partial charge in [0.15, 0.2) is 11.7 Å². The van der Waals surface area contributed by atoms with E-state index >= 15 is 0 Å². The Labute approximate surface area is 299 Å². The molecule has 0 aliphatic carbocycles. The molecule has 0 spiro atoms. The van der Waals surface area contributed by atoms with Crippen LogP contribution in [0.15, 0.2) is 36.0 Å². The van der Waals surface area contributed by atoms with Crippen LogP contribution < -0.4 is 0 Å². The fraction of sp³-hybridized carbons (Fsp3) is 0.763. The lowest BCUT2D eigenvalue weighted by Crippen LogP contribution is -2.49. The Balaban J connectivity index is 2.33. The maximum Gasteiger partial charge on any atom is 0.410 e. The van der Waals surface area contributed by atoms with Gasteiger partial charge in [0.2, 0.25) is 0 Å². The highest BCUT2D eigenvalue weighted by atomic mass is 16.6. The van der Waals surface area contributed by atoms with Crippen LogP contribution in [0.3, 0.4) is 0 Å². The molecule has 4 N–H and O–H groups in total. The predicted molar refractivity (Wildman–Crippen MR) is 191 cm³/mol. The van der Waals surface area contributed by atoms with Crippen molar-refractivity contribution in [3.63, 3.8) is 0 Å². The fourth-order valence-corrected chi connectivity index (χ4v) is 6.58. The van der Waals surface area contributed by atoms with E-state index in [-0.39, 0.29) is 31.6 Å². The van der Waals surface area contributed by atoms with Crippen LogP contribution in [0.1, 0.15) is 100 Å². The summed E-state index contributed by atoms with van der Waals surface area (Å²) in [6.07, 6.45) is 5.36. The SMILES string of the molecule is CCC(O)C(C)CC(O)CC(C)(O)/C=C/C=C(\C)C1OC(=O)CC(O)CCC(C)(OC(=O)N2CCCN(CC)CC2)C(OC(C)=O)/C=C/C1C. The number of carbonyl (C=O) groups excluding carboxylic acids is 3. The summed E-state index contributed by atoms with van der Waals surface area (Å²) in [5.41, 5.74) is -2.03. The number of aliphatic hydroxyl groups excluding tert-OH is 3. The number of carbonyl (C=O) groups is 3. The lowest BCUT2D eigenvalue weighted by Gasteiger charge is -2.37. The average Bonchev–Trinajstić information content (AvgIpc) is 3.29. The van der Waals surface area contributed by atoms with Gasteiger partial charge in [-0.3, -0.25) is 9.59 Å². The summed E-state index contributed by atoms with van der Waals surface area (Å²) >= 11 is 0. The Morgan fingerprint density at radius 1 is 1.16 bits per heavy atom. The van der Waals surface area contributed by atoms with E-state index in [1.807, 2.05) is 20.8 Å². The third kappa shape index (κ3) is 14.5. The summed E-state index contributed by atoms with van der Waals surface area (Å²) in [5.74, 6) is -1.71. The summed E-state index contributed by atoms with van der Waals surface area (Å²) in [6, 6.07) is 0. The summed E-state index contributed by atoms with van der Waals surface area (Å²) in [4.78, 5) is 42.8. The summed E-state index contributed by atoms with van der Waals surface area (Å²) in [7, 11) is 0. The van der Waals surface area contributed by atoms with E-state index in [0.717, 1.165) is 26.1 Å². The van der Waals surface area contributed by atoms with Crippen LogP contribution in [0.2, 0.25) is 0 Å². The molecule has 9 atom stereocenters. The quantitative estimate of drug-likeness (QED) is 0.0989. The van der Waals surface area contributed by atoms with Crippen LogP contribution in [0.4, 0.5) is 4.79 Å². The number of hydrogen-bond acceptors (Lipinski definition) is 11. The molecule has 2 rings (SSSR count). The molecule has 12 nitrogen and oxygen atoms in total. The van der Waals surface area contributed by atoms with Gasteiger partial charge in [-0.2, -0.15) is 0 Å². The maximum absolute atomic E-state index is 13.5. The van der Waals surface area contributed by atoms with Gasteiger partial charge in [-0.25, -0.2) is 4.79 Å². The minimum atomic E-state index is -1.34. The van der Waals surface area contributed by atoms with Crippen LogP contribution in [-0.2, 0) is 23.8 Å². The highest BCUT2D eigenvalue weighted by molar-refractivity contribution is 5.71. The van der Waals surface area contributed by atoms with Crippen LogP contribution in [-0.4, -0.2) is 123 Å². The van der Waals surface area contributed by atoms with Gasteiger partial charge in [0.05, 0.1) is 30.3 Å². The number of hydrogen-bond donors (Lipinski definition) is 4. The van der Waals surface area contributed by atoms with Gasteiger partial charge in [-0.1, -0.05) is 52.0 Å². The molecule has 2 heterocycles. The molecule has 0 saturated carbocycles. The Bertz CT molecular complexity index is 1190. The van der Waals surface area contributed by atoms with Crippen LogP contribution >= 0.6 is 0 Å². The first kappa shape index (κ1) is 43.4. The first-order valence-electron chi connectivity index (χ1n) is 18.3. The molecule has 0 aromatic rings. The molecule has 12 heteroatoms. The van der Waals surface area contributed by atoms with E-state index in [1.165, 1.54) is 6.92 Å². The van der Waals surface area contributed by atoms with Crippen molar-refractivity contribution < 1.29 is 49.0 Å². The zero-order chi connectivity index (χ0) is 37.6. The summed E-state index contributed by atoms with van der Waals surface area (Å²) in [6.45, 7) is 17.5. The lowest BCUT2D eigenvalue weighted by molar-refractivity contribution is -0.158. The number of amides is 1. The molecule has 2 aliphatic heterocycles. The van der Waals surface area contributed by atoms with Crippen molar-refractivity contribution in [2.45, 2.75) is 142 Å². The van der Waals surface area contributed by atoms with Crippen LogP contribution in [0.25, 0.3) is 0 Å². The minimum Gasteiger partial charge on any atom is -0.457 e. The molecule has 286 valence electrons. The van der Waals surface area contributed by atoms with E-state index in [9.17, 15) is 34.8 Å². The standard InChI is InChI=1S/C38H64N2O10/c1-9-32(44)28(5)23-31(43)25-37(7,47)17-11-13-26(3)35-27(4)14-15-33(48-29(6)41)38(8,18-16-30(42)24-34(45)49-35)50-36(46)40-20-12-19-39(10-2)21-22-40/h11,13-15,17,27-28,30-33,35,42-44,47H,9-10,12,16,18-25H2,1-8H3/b15-14+,17-11+,26-13+. The molecule has 0 aromatic carbocycles. The smallest absolute Gasteiger partial charge is 0.410 e. The minimum absolute atomic E-state index is 0.0719. The van der Waals surface area contributed by atoms with Gasteiger partial charge in [-0.05, 0) is 83.5 Å². The number of likely N-dealkylation sites (N-methyl/N-ethyl adjacent to an activating group) is 1. The van der Waals surface area contributed by atoms with Crippen molar-refractivity contribution in [3.05, 3.63) is 36.0 Å². The first-order chi connectivity index (χ1) is 23.4. The number of allylic oxidation sites excluding steroid dienone is 2. The van der Waals surface area contributed by atoms with Gasteiger partial charge in [0.25, 0.3) is 0 Å². The summed E-state index contributed by atoms with van der Waals surface area (Å²) in [5, 5.41) is 42.4. The Morgan fingerprint density at radius 2 is 1.86 bits per heavy atom. The number of aliphatic hydroxyl groups is 4. The van der Waals surface area contributed by atoms with Gasteiger partial charge >= 0.3 is 18.0 Å². The van der Waals surface area contributed by atoms with Crippen molar-refractivity contribution in [3.8, 4) is 0 Å². The predicted octanol–water partition coefficient (Wildman–Crippen LogP) is 4.29. The Morgan fingerprint density at radius 3 is 2.50 bits per heavy atom. The van der Waals surface area contributed by atoms with Crippen LogP contribution in [0, 0.1) is 11.8 Å². The zero-order valence-corrected chi connectivity index (χ0v) is 31.5. The molecule has 1 amide bonds. The van der Waals surface area contributed by atoms with E-state index in [1.54, 1.807) is 56.1 Å². The largest absolute Gasteiger partial charge is 0.457 e. The van der Waals surface area contributed by atoms with Crippen molar-refractivity contribution in [2.24, 2.45) is 11.8 Å². The molecular formula is C38H64N2O10. The van der Waals surface area contributed by atoms with E-state index in [0.29, 0.717) is 31.5 Å². The monoisotopic (exact) mass is 708 g/mol. The third-order valence-corrected chi connectivity index (χ3v) is 9.84. The molecule has 1 fully saturated rings. The van der Waals surface area contributed by atoms with Gasteiger partial charge in [0, 0.05) is 38.9 Å². The third-order valence-electron chi connectivity index (χ3n) is 9.84. The molecule has 9 unspecified atom stereocenters. The van der Waals surface area contributed by atoms with Crippen LogP contribution in [0.5, 0.6) is 0 Å². The molecule has 0 aromatic heterocycles. The maximum atomic E-state index is 13.5. The lowest BCUT2D eigenvalue weighted by atomic mass is 9.88. The molecular weight excluding hydrogens is 644 g/mol. The fourth-order valence-electron chi connectivity index (χ4n) is 6.58. The van der Waals surface area contributed by atoms with Gasteiger partial charge in [-0.15, -0.1) is 0 Å². The van der Waals surface area contributed by atoms with E-state index in [4.69, 9.17) is 14.2 Å². The zero-order valence-electron chi connectivity index (χ0n) is 31.5. The molecule has 0 radical (unpaired) electrons. The second kappa shape index (κ2) is 20.3. The highest BCUT2D eigenvalue weighted by Crippen LogP contribution is 2.31. The van der Waals surface area contributed by atoms with Gasteiger partial charge in [0.1, 0.15) is 6.10 Å². The average molecular weight is 709 g/mol. The normalized spacial score (nSPS) is 30.1. The second-order valence-corrected chi connectivity index (χ2v) is 14.7. The van der Waals surface area contributed by atoms with Gasteiger partial charge < -0.3 is 44.4 Å². The Hall–Kier alpha value is -2.77. The first-order valence-corrected chi connectivity index (χ1v) is 18.3. The number of esters is 2. The number of rotatable bonds is 12. The highest BCUT2D eigenvalue weighted by Gasteiger charge is 2.41. The van der Waals surface area contributed by atoms with E-state index < -0.39 is 65.7 Å². The molecule has 1 saturated heterocycles. The van der Waals surface area contributed by atoms with Crippen molar-refractivity contribution in [1.29, 1.82) is 0 Å². The molecule has 2 aliphatic rings. The number of ether oxygens (including phenoxy) is 3. The van der Waals surface area contributed by atoms with E-state index in [2.05, 4.69) is 11.8 Å². The topological polar surface area (TPSA) is 166 Å². The Kier molecular flexibility index (Phi) is 17.6. The van der Waals surface area contributed by atoms with Crippen molar-refractivity contribution in [2.75, 3.05) is 32.7 Å². The second-order valence-electron chi connectivity index (χ2n) is 14.7. The number of nitrogens with zero attached hydrogens (tertiary/aromatic N) is 2. The molecule has 50 heavy (non-hydrogen) atoms. The number of cyclic esters (lactones) is 1. The summed E-state index contributed by atoms with van der Waals surface area (Å²) < 4.78 is 17.7.